The fourth-order valence-electron chi connectivity index (χ4n) is 3.56. The Balaban J connectivity index is 1.79. The second-order valence-electron chi connectivity index (χ2n) is 6.40. The minimum Gasteiger partial charge on any atom is -0.0888 e. The standard InChI is InChI=1S/C19H29Br/c1-2-3-4-5-7-12-18-15-17(13-14-19(18)20)16-10-8-6-9-11-16/h6,8-11,17-19H,2-5,7,12-15H2,1H3. The first-order chi connectivity index (χ1) is 9.81. The highest BCUT2D eigenvalue weighted by atomic mass is 79.9. The van der Waals surface area contributed by atoms with Gasteiger partial charge in [-0.15, -0.1) is 0 Å². The van der Waals surface area contributed by atoms with Crippen molar-refractivity contribution in [2.45, 2.75) is 75.5 Å². The molecule has 1 heteroatoms. The van der Waals surface area contributed by atoms with E-state index in [0.717, 1.165) is 16.7 Å². The zero-order valence-corrected chi connectivity index (χ0v) is 14.4. The number of hydrogen-bond donors (Lipinski definition) is 0. The fourth-order valence-corrected chi connectivity index (χ4v) is 4.31. The molecule has 3 unspecified atom stereocenters. The second-order valence-corrected chi connectivity index (χ2v) is 7.58. The van der Waals surface area contributed by atoms with Crippen molar-refractivity contribution in [1.82, 2.24) is 0 Å². The van der Waals surface area contributed by atoms with Crippen molar-refractivity contribution >= 4 is 15.9 Å². The van der Waals surface area contributed by atoms with Gasteiger partial charge in [0.25, 0.3) is 0 Å². The molecule has 1 fully saturated rings. The van der Waals surface area contributed by atoms with Crippen molar-refractivity contribution < 1.29 is 0 Å². The molecule has 1 aromatic rings. The Morgan fingerprint density at radius 3 is 2.50 bits per heavy atom. The summed E-state index contributed by atoms with van der Waals surface area (Å²) in [6.07, 6.45) is 12.5. The van der Waals surface area contributed by atoms with Gasteiger partial charge in [-0.3, -0.25) is 0 Å². The van der Waals surface area contributed by atoms with E-state index in [4.69, 9.17) is 0 Å². The monoisotopic (exact) mass is 336 g/mol. The van der Waals surface area contributed by atoms with E-state index in [1.165, 1.54) is 57.8 Å². The molecule has 0 heterocycles. The lowest BCUT2D eigenvalue weighted by molar-refractivity contribution is 0.311. The molecular weight excluding hydrogens is 308 g/mol. The summed E-state index contributed by atoms with van der Waals surface area (Å²) in [5, 5.41) is 0. The summed E-state index contributed by atoms with van der Waals surface area (Å²) in [6.45, 7) is 2.29. The van der Waals surface area contributed by atoms with Crippen molar-refractivity contribution in [3.05, 3.63) is 35.9 Å². The third-order valence-corrected chi connectivity index (χ3v) is 6.04. The Labute approximate surface area is 133 Å². The van der Waals surface area contributed by atoms with Crippen molar-refractivity contribution in [3.63, 3.8) is 0 Å². The predicted molar refractivity (Wildman–Crippen MR) is 92.6 cm³/mol. The summed E-state index contributed by atoms with van der Waals surface area (Å²) < 4.78 is 0. The molecule has 0 nitrogen and oxygen atoms in total. The number of unbranched alkanes of at least 4 members (excludes halogenated alkanes) is 4. The SMILES string of the molecule is CCCCCCCC1CC(c2ccccc2)CCC1Br. The molecule has 0 saturated heterocycles. The molecule has 0 aromatic heterocycles. The number of benzene rings is 1. The number of halogens is 1. The molecule has 3 atom stereocenters. The number of rotatable bonds is 7. The maximum atomic E-state index is 3.94. The molecule has 0 amide bonds. The molecule has 20 heavy (non-hydrogen) atoms. The average Bonchev–Trinajstić information content (AvgIpc) is 2.49. The van der Waals surface area contributed by atoms with Crippen LogP contribution in [0, 0.1) is 5.92 Å². The molecule has 1 aromatic carbocycles. The van der Waals surface area contributed by atoms with E-state index in [1.807, 2.05) is 0 Å². The summed E-state index contributed by atoms with van der Waals surface area (Å²) in [5.74, 6) is 1.68. The highest BCUT2D eigenvalue weighted by molar-refractivity contribution is 9.09. The largest absolute Gasteiger partial charge is 0.0888 e. The van der Waals surface area contributed by atoms with Crippen molar-refractivity contribution in [1.29, 1.82) is 0 Å². The minimum atomic E-state index is 0.758. The van der Waals surface area contributed by atoms with Gasteiger partial charge in [0.2, 0.25) is 0 Å². The molecule has 1 aliphatic carbocycles. The van der Waals surface area contributed by atoms with E-state index >= 15 is 0 Å². The molecule has 0 spiro atoms. The topological polar surface area (TPSA) is 0 Å². The van der Waals surface area contributed by atoms with Crippen LogP contribution in [-0.2, 0) is 0 Å². The smallest absolute Gasteiger partial charge is 0.0174 e. The Kier molecular flexibility index (Phi) is 7.13. The van der Waals surface area contributed by atoms with Crippen molar-refractivity contribution in [3.8, 4) is 0 Å². The van der Waals surface area contributed by atoms with Crippen molar-refractivity contribution in [2.24, 2.45) is 5.92 Å². The van der Waals surface area contributed by atoms with Crippen LogP contribution in [0.1, 0.15) is 76.2 Å². The number of hydrogen-bond acceptors (Lipinski definition) is 0. The van der Waals surface area contributed by atoms with Gasteiger partial charge >= 0.3 is 0 Å². The normalized spacial score (nSPS) is 26.6. The van der Waals surface area contributed by atoms with E-state index in [2.05, 4.69) is 53.2 Å². The fraction of sp³-hybridized carbons (Fsp3) is 0.684. The minimum absolute atomic E-state index is 0.758. The van der Waals surface area contributed by atoms with Gasteiger partial charge < -0.3 is 0 Å². The first-order valence-corrected chi connectivity index (χ1v) is 9.41. The molecule has 0 bridgehead atoms. The first-order valence-electron chi connectivity index (χ1n) is 8.50. The average molecular weight is 337 g/mol. The van der Waals surface area contributed by atoms with Crippen LogP contribution in [0.5, 0.6) is 0 Å². The van der Waals surface area contributed by atoms with Gasteiger partial charge in [0, 0.05) is 4.83 Å². The van der Waals surface area contributed by atoms with Gasteiger partial charge in [0.15, 0.2) is 0 Å². The van der Waals surface area contributed by atoms with E-state index in [0.29, 0.717) is 0 Å². The summed E-state index contributed by atoms with van der Waals surface area (Å²) in [6, 6.07) is 11.1. The van der Waals surface area contributed by atoms with E-state index in [1.54, 1.807) is 5.56 Å². The van der Waals surface area contributed by atoms with Crippen LogP contribution in [-0.4, -0.2) is 4.83 Å². The summed E-state index contributed by atoms with van der Waals surface area (Å²) in [7, 11) is 0. The number of alkyl halides is 1. The Morgan fingerprint density at radius 2 is 1.75 bits per heavy atom. The molecule has 0 aliphatic heterocycles. The molecule has 112 valence electrons. The third kappa shape index (κ3) is 4.91. The van der Waals surface area contributed by atoms with E-state index in [9.17, 15) is 0 Å². The van der Waals surface area contributed by atoms with Gasteiger partial charge in [0.05, 0.1) is 0 Å². The highest BCUT2D eigenvalue weighted by Crippen LogP contribution is 2.41. The zero-order valence-electron chi connectivity index (χ0n) is 12.9. The molecule has 1 saturated carbocycles. The summed E-state index contributed by atoms with van der Waals surface area (Å²) in [5.41, 5.74) is 1.56. The van der Waals surface area contributed by atoms with Crippen LogP contribution in [0.2, 0.25) is 0 Å². The van der Waals surface area contributed by atoms with Crippen LogP contribution in [0.25, 0.3) is 0 Å². The zero-order chi connectivity index (χ0) is 14.2. The van der Waals surface area contributed by atoms with E-state index < -0.39 is 0 Å². The maximum Gasteiger partial charge on any atom is 0.0174 e. The lowest BCUT2D eigenvalue weighted by atomic mass is 9.76. The van der Waals surface area contributed by atoms with Crippen LogP contribution in [0.15, 0.2) is 30.3 Å². The Morgan fingerprint density at radius 1 is 1.00 bits per heavy atom. The quantitative estimate of drug-likeness (QED) is 0.384. The molecular formula is C19H29Br. The molecule has 1 aliphatic rings. The third-order valence-electron chi connectivity index (χ3n) is 4.84. The van der Waals surface area contributed by atoms with Gasteiger partial charge in [-0.25, -0.2) is 0 Å². The van der Waals surface area contributed by atoms with Gasteiger partial charge in [-0.05, 0) is 43.1 Å². The second kappa shape index (κ2) is 8.87. The molecule has 0 radical (unpaired) electrons. The molecule has 2 rings (SSSR count). The van der Waals surface area contributed by atoms with Crippen LogP contribution >= 0.6 is 15.9 Å². The van der Waals surface area contributed by atoms with Gasteiger partial charge in [-0.2, -0.15) is 0 Å². The van der Waals surface area contributed by atoms with Crippen LogP contribution in [0.4, 0.5) is 0 Å². The Hall–Kier alpha value is -0.300. The van der Waals surface area contributed by atoms with Crippen LogP contribution < -0.4 is 0 Å². The highest BCUT2D eigenvalue weighted by Gasteiger charge is 2.29. The lowest BCUT2D eigenvalue weighted by Crippen LogP contribution is -2.24. The predicted octanol–water partition coefficient (Wildman–Crippen LogP) is 6.69. The maximum absolute atomic E-state index is 3.94. The van der Waals surface area contributed by atoms with Crippen LogP contribution in [0.3, 0.4) is 0 Å². The van der Waals surface area contributed by atoms with E-state index in [-0.39, 0.29) is 0 Å². The van der Waals surface area contributed by atoms with Crippen molar-refractivity contribution in [2.75, 3.05) is 0 Å². The molecule has 0 N–H and O–H groups in total. The van der Waals surface area contributed by atoms with Gasteiger partial charge in [-0.1, -0.05) is 85.3 Å². The first kappa shape index (κ1) is 16.1. The Bertz CT molecular complexity index is 359. The summed E-state index contributed by atoms with van der Waals surface area (Å²) in [4.78, 5) is 0.758. The lowest BCUT2D eigenvalue weighted by Gasteiger charge is -2.33. The summed E-state index contributed by atoms with van der Waals surface area (Å²) >= 11 is 3.94. The van der Waals surface area contributed by atoms with Gasteiger partial charge in [0.1, 0.15) is 0 Å².